The summed E-state index contributed by atoms with van der Waals surface area (Å²) in [6, 6.07) is 30.3. The second-order valence-electron chi connectivity index (χ2n) is 34.8. The van der Waals surface area contributed by atoms with E-state index in [-0.39, 0.29) is 135 Å². The van der Waals surface area contributed by atoms with Crippen LogP contribution in [0.2, 0.25) is 0 Å². The molecule has 9 atom stereocenters. The Kier molecular flexibility index (Phi) is 39.9. The zero-order valence-corrected chi connectivity index (χ0v) is 81.9. The van der Waals surface area contributed by atoms with Crippen LogP contribution in [0.1, 0.15) is 96.1 Å². The highest BCUT2D eigenvalue weighted by molar-refractivity contribution is 14.1. The van der Waals surface area contributed by atoms with Crippen molar-refractivity contribution in [1.82, 2.24) is 59.2 Å². The zero-order chi connectivity index (χ0) is 101. The number of aliphatic hydroxyl groups is 1. The summed E-state index contributed by atoms with van der Waals surface area (Å²) in [5, 5.41) is 27.0. The Labute approximate surface area is 817 Å². The van der Waals surface area contributed by atoms with Crippen molar-refractivity contribution in [2.45, 2.75) is 187 Å². The van der Waals surface area contributed by atoms with Gasteiger partial charge in [-0.15, -0.1) is 11.6 Å². The third kappa shape index (κ3) is 32.4. The molecule has 8 aromatic rings. The molecule has 0 unspecified atom stereocenters. The molecule has 5 aromatic carbocycles. The summed E-state index contributed by atoms with van der Waals surface area (Å²) < 4.78 is 151. The van der Waals surface area contributed by atoms with Crippen molar-refractivity contribution in [2.75, 3.05) is 122 Å². The summed E-state index contributed by atoms with van der Waals surface area (Å²) in [4.78, 5) is 118. The van der Waals surface area contributed by atoms with E-state index >= 15 is 0 Å². The van der Waals surface area contributed by atoms with Crippen LogP contribution in [0, 0.1) is 38.5 Å². The Hall–Kier alpha value is -12.3. The molecule has 756 valence electrons. The first kappa shape index (κ1) is 109. The smallest absolute Gasteiger partial charge is 0.417 e. The van der Waals surface area contributed by atoms with Crippen LogP contribution in [-0.2, 0) is 120 Å². The first-order chi connectivity index (χ1) is 66.1. The molecule has 38 nitrogen and oxygen atoms in total. The van der Waals surface area contributed by atoms with Crippen LogP contribution in [0.25, 0.3) is 0 Å². The first-order valence-corrected chi connectivity index (χ1v) is 45.8. The number of benzene rings is 5. The third-order valence-electron chi connectivity index (χ3n) is 21.7. The number of amides is 9. The lowest BCUT2D eigenvalue weighted by Crippen LogP contribution is -2.49. The lowest BCUT2D eigenvalue weighted by Gasteiger charge is -2.37. The number of aromatic nitrogens is 6. The SMILES string of the molecule is CO[C@@H]1COC(=O)N(Cc2ccccc2)C1.CO[C@@H]1COC(=O)N(c2cnn3c2CN(C(=O)Cc2cc(F)c(F)c(F)c2)[C@@H](C)C3)C1.CO[C@@H]1COC(=O)N(c2cnn3c2CN(C(=O)OC(C)(C)C)[C@@H](C)C3)C1.CO[C@H]1CNC(=O)OC1.C[C@H]1Cn2ncc(I)c2CN1C(=O)OC(C)(C)C.ClC[C@@H]1CO1.O=C(Nc1cc(F)c(F)c(F)c1)Oc1ccccc1.O=C1OC[C@@H](O)CN1Cc1ccccc1. The number of para-hydroxylation sites is 1. The van der Waals surface area contributed by atoms with Crippen LogP contribution in [0.15, 0.2) is 134 Å². The Morgan fingerprint density at radius 2 is 0.892 bits per heavy atom. The van der Waals surface area contributed by atoms with Gasteiger partial charge in [0.05, 0.1) is 165 Å². The van der Waals surface area contributed by atoms with Crippen molar-refractivity contribution in [3.05, 3.63) is 206 Å². The summed E-state index contributed by atoms with van der Waals surface area (Å²) >= 11 is 7.52. The van der Waals surface area contributed by atoms with Gasteiger partial charge in [0.25, 0.3) is 0 Å². The lowest BCUT2D eigenvalue weighted by molar-refractivity contribution is -0.134. The van der Waals surface area contributed by atoms with E-state index in [2.05, 4.69) is 53.3 Å². The average molecular weight is 2090 g/mol. The van der Waals surface area contributed by atoms with E-state index in [9.17, 15) is 74.6 Å². The Balaban J connectivity index is 0.000000170. The fraction of sp³-hybridized carbons (Fsp3) is 0.484. The number of cyclic esters (lactones) is 5. The molecule has 9 aliphatic heterocycles. The van der Waals surface area contributed by atoms with Gasteiger partial charge in [0, 0.05) is 59.7 Å². The largest absolute Gasteiger partial charge is 0.447 e. The third-order valence-corrected chi connectivity index (χ3v) is 23.0. The molecule has 12 heterocycles. The van der Waals surface area contributed by atoms with Gasteiger partial charge < -0.3 is 86.7 Å². The number of fused-ring (bicyclic) bond motifs is 3. The van der Waals surface area contributed by atoms with Crippen molar-refractivity contribution in [1.29, 1.82) is 0 Å². The number of aliphatic hydroxyl groups excluding tert-OH is 1. The number of methoxy groups -OCH3 is 4. The zero-order valence-electron chi connectivity index (χ0n) is 79.0. The maximum Gasteiger partial charge on any atom is 0.417 e. The maximum absolute atomic E-state index is 13.5. The van der Waals surface area contributed by atoms with Crippen molar-refractivity contribution in [3.63, 3.8) is 0 Å². The molecule has 3 aromatic heterocycles. The van der Waals surface area contributed by atoms with Crippen LogP contribution in [0.4, 0.5) is 81.8 Å². The van der Waals surface area contributed by atoms with Gasteiger partial charge in [0.2, 0.25) is 5.91 Å². The fourth-order valence-corrected chi connectivity index (χ4v) is 15.0. The molecule has 0 radical (unpaired) electrons. The molecule has 9 aliphatic rings. The molecule has 0 spiro atoms. The van der Waals surface area contributed by atoms with Gasteiger partial charge in [-0.25, -0.2) is 64.7 Å². The summed E-state index contributed by atoms with van der Waals surface area (Å²) in [5.41, 5.74) is 4.54. The number of hydrogen-bond donors (Lipinski definition) is 3. The van der Waals surface area contributed by atoms with Crippen LogP contribution < -0.4 is 25.2 Å². The summed E-state index contributed by atoms with van der Waals surface area (Å²) in [7, 11) is 6.33. The minimum atomic E-state index is -1.60. The molecular weight excluding hydrogens is 1970 g/mol. The van der Waals surface area contributed by atoms with Crippen molar-refractivity contribution in [3.8, 4) is 5.75 Å². The number of nitrogens with one attached hydrogen (secondary N) is 2. The van der Waals surface area contributed by atoms with Gasteiger partial charge in [-0.3, -0.25) is 43.8 Å². The van der Waals surface area contributed by atoms with E-state index in [0.717, 1.165) is 51.4 Å². The van der Waals surface area contributed by atoms with Crippen molar-refractivity contribution >= 4 is 106 Å². The molecule has 6 saturated heterocycles. The highest BCUT2D eigenvalue weighted by Gasteiger charge is 2.41. The number of halogens is 8. The van der Waals surface area contributed by atoms with Crippen molar-refractivity contribution in [2.24, 2.45) is 0 Å². The van der Waals surface area contributed by atoms with Gasteiger partial charge in [0.15, 0.2) is 34.9 Å². The van der Waals surface area contributed by atoms with E-state index in [1.165, 1.54) is 33.9 Å². The quantitative estimate of drug-likeness (QED) is 0.0214. The molecule has 46 heteroatoms. The summed E-state index contributed by atoms with van der Waals surface area (Å²) in [5.74, 6) is -8.08. The standard InChI is InChI=1S/C20H21F3N4O4.C17H26N4O5.C13H8F3NO2.C12H18IN3O2.C12H15NO3.C11H13NO3.C5H9NO3.C3H5ClO/c1-11-7-27-17(16(6-24-27)26-8-13(30-2)10-31-20(26)29)9-25(11)18(28)5-12-3-14(21)19(23)15(22)4-12;1-11-7-21-14(9-19(11)16(23)26-17(2,3)4)13(6-18-21)20-8-12(24-5)10-25-15(20)22;14-10-6-8(7-11(15)12(10)16)17-13(18)19-9-4-2-1-3-5-9;1-8-6-16-10(9(13)5-14-16)7-15(8)11(17)18-12(2,3)4;1-15-11-8-13(12(14)16-9-11)7-10-5-3-2-4-6-10;13-10-7-12(11(14)15-8-10)6-9-4-2-1-3-5-9;1-8-4-2-6-5(7)9-3-4;4-1-3-2-5-3/h3-4,6,11,13H,5,7-10H2,1-2H3;6,11-12H,7-10H2,1-5H3;1-7H,(H,17,18);5,8H,6-7H2,1-4H3;2-6,11H,7-9H2,1H3;1-5,10,13H,6-8H2;4H,2-3H2,1H3,(H,6,7);3H,1-2H2/t11-,13-;11-,12-;;8-;11-;10-;4-;3-/m00.00001/s1. The van der Waals surface area contributed by atoms with Crippen LogP contribution in [0.5, 0.6) is 5.75 Å². The number of nitrogens with zero attached hydrogens (tertiary/aromatic N) is 13. The Morgan fingerprint density at radius 3 is 1.32 bits per heavy atom. The van der Waals surface area contributed by atoms with E-state index in [1.807, 2.05) is 139 Å². The molecule has 0 saturated carbocycles. The molecule has 17 rings (SSSR count). The van der Waals surface area contributed by atoms with Crippen LogP contribution >= 0.6 is 34.2 Å². The average Bonchev–Trinajstić information content (AvgIpc) is 1.64. The second-order valence-corrected chi connectivity index (χ2v) is 36.3. The number of hydrogen-bond acceptors (Lipinski definition) is 26. The lowest BCUT2D eigenvalue weighted by atomic mass is 10.1. The number of carbonyl (C=O) groups is 9. The monoisotopic (exact) mass is 2090 g/mol. The molecular formula is C93H115ClF6IN15O23. The molecule has 6 fully saturated rings. The van der Waals surface area contributed by atoms with Gasteiger partial charge in [-0.05, 0) is 126 Å². The molecule has 0 bridgehead atoms. The topological polar surface area (TPSA) is 397 Å². The van der Waals surface area contributed by atoms with Crippen LogP contribution in [0.3, 0.4) is 0 Å². The minimum Gasteiger partial charge on any atom is -0.447 e. The Bertz CT molecular complexity index is 5400. The van der Waals surface area contributed by atoms with E-state index in [0.29, 0.717) is 120 Å². The number of β-amino-alcohol motifs (C(OH)–C–C–N with tert-alkyl or cyclic N) is 1. The minimum absolute atomic E-state index is 0.0164. The first-order valence-electron chi connectivity index (χ1n) is 44.2. The second kappa shape index (κ2) is 51.1. The van der Waals surface area contributed by atoms with Gasteiger partial charge in [-0.2, -0.15) is 15.3 Å². The number of carbonyl (C=O) groups excluding carboxylic acids is 9. The van der Waals surface area contributed by atoms with Gasteiger partial charge in [0.1, 0.15) is 80.5 Å². The number of epoxide rings is 1. The molecule has 9 amide bonds. The summed E-state index contributed by atoms with van der Waals surface area (Å²) in [6.07, 6.45) is 0.533. The maximum atomic E-state index is 13.5. The number of rotatable bonds is 15. The van der Waals surface area contributed by atoms with E-state index < -0.39 is 70.5 Å². The number of alkyl carbamates (subject to hydrolysis) is 1. The van der Waals surface area contributed by atoms with Crippen molar-refractivity contribution < 1.29 is 136 Å². The number of ether oxygens (including phenoxy) is 13. The molecule has 3 N–H and O–H groups in total. The fourth-order valence-electron chi connectivity index (χ4n) is 14.3. The highest BCUT2D eigenvalue weighted by Crippen LogP contribution is 2.34. The van der Waals surface area contributed by atoms with Gasteiger partial charge in [-0.1, -0.05) is 78.9 Å². The normalized spacial score (nSPS) is 20.7. The number of alkyl halides is 1. The van der Waals surface area contributed by atoms with E-state index in [4.69, 9.17) is 68.4 Å². The van der Waals surface area contributed by atoms with E-state index in [1.54, 1.807) is 76.2 Å². The predicted molar refractivity (Wildman–Crippen MR) is 497 cm³/mol. The summed E-state index contributed by atoms with van der Waals surface area (Å²) in [6.45, 7) is 24.9. The Morgan fingerprint density at radius 1 is 0.496 bits per heavy atom. The predicted octanol–water partition coefficient (Wildman–Crippen LogP) is 13.6. The van der Waals surface area contributed by atoms with Crippen LogP contribution in [-0.4, -0.2) is 286 Å². The van der Waals surface area contributed by atoms with Gasteiger partial charge >= 0.3 is 48.7 Å². The molecule has 0 aliphatic carbocycles. The number of anilines is 3. The molecule has 139 heavy (non-hydrogen) atoms. The highest BCUT2D eigenvalue weighted by atomic mass is 127.